The molecule has 3 amide bonds. The van der Waals surface area contributed by atoms with Gasteiger partial charge in [0.2, 0.25) is 17.7 Å². The number of rotatable bonds is 9. The lowest BCUT2D eigenvalue weighted by Gasteiger charge is -2.37. The van der Waals surface area contributed by atoms with Crippen LogP contribution >= 0.6 is 0 Å². The number of likely N-dealkylation sites (tertiary alicyclic amines) is 1. The van der Waals surface area contributed by atoms with Crippen molar-refractivity contribution in [2.45, 2.75) is 91.0 Å². The molecule has 3 heterocycles. The second kappa shape index (κ2) is 10.0. The van der Waals surface area contributed by atoms with Gasteiger partial charge in [0.1, 0.15) is 11.6 Å². The van der Waals surface area contributed by atoms with Gasteiger partial charge >= 0.3 is 0 Å². The first kappa shape index (κ1) is 27.6. The lowest BCUT2D eigenvalue weighted by Crippen LogP contribution is -2.56. The van der Waals surface area contributed by atoms with Crippen molar-refractivity contribution in [1.29, 1.82) is 0 Å². The van der Waals surface area contributed by atoms with E-state index in [1.807, 2.05) is 66.7 Å². The molecule has 1 spiro atoms. The fraction of sp³-hybridized carbons (Fsp3) is 0.690. The van der Waals surface area contributed by atoms with Gasteiger partial charge in [-0.3, -0.25) is 14.4 Å². The van der Waals surface area contributed by atoms with Crippen LogP contribution in [0.25, 0.3) is 0 Å². The minimum absolute atomic E-state index is 0.0254. The number of anilines is 1. The summed E-state index contributed by atoms with van der Waals surface area (Å²) in [6.45, 7) is 14.1. The van der Waals surface area contributed by atoms with E-state index < -0.39 is 35.1 Å². The van der Waals surface area contributed by atoms with Crippen molar-refractivity contribution >= 4 is 23.4 Å². The first-order valence-electron chi connectivity index (χ1n) is 13.7. The van der Waals surface area contributed by atoms with Gasteiger partial charge in [-0.05, 0) is 69.1 Å². The van der Waals surface area contributed by atoms with Crippen LogP contribution in [0, 0.1) is 37.5 Å². The van der Waals surface area contributed by atoms with Gasteiger partial charge in [0.05, 0.1) is 30.1 Å². The molecule has 3 fully saturated rings. The maximum atomic E-state index is 14.3. The number of nitrogens with one attached hydrogen (secondary N) is 2. The predicted molar refractivity (Wildman–Crippen MR) is 142 cm³/mol. The van der Waals surface area contributed by atoms with Gasteiger partial charge in [0.25, 0.3) is 0 Å². The Morgan fingerprint density at radius 3 is 2.57 bits per heavy atom. The van der Waals surface area contributed by atoms with Gasteiger partial charge in [0, 0.05) is 12.2 Å². The summed E-state index contributed by atoms with van der Waals surface area (Å²) in [7, 11) is 0. The van der Waals surface area contributed by atoms with Crippen LogP contribution in [0.5, 0.6) is 0 Å². The Labute approximate surface area is 220 Å². The van der Waals surface area contributed by atoms with E-state index in [0.717, 1.165) is 17.5 Å². The Kier molecular flexibility index (Phi) is 7.47. The van der Waals surface area contributed by atoms with Crippen LogP contribution in [0.2, 0.25) is 0 Å². The SMILES string of the molecule is CCCNC(=O)[C@H]1[C@H]2C(=O)N([C@@H](CO)CC(C)C)C(C(=O)Nc3cc(C)ccc3C)C23CC(C)[C@]1(C)O3. The molecule has 204 valence electrons. The van der Waals surface area contributed by atoms with E-state index in [0.29, 0.717) is 25.1 Å². The van der Waals surface area contributed by atoms with E-state index in [4.69, 9.17) is 4.74 Å². The number of aliphatic hydroxyl groups is 1. The lowest BCUT2D eigenvalue weighted by molar-refractivity contribution is -0.149. The number of aliphatic hydroxyl groups excluding tert-OH is 1. The van der Waals surface area contributed by atoms with Crippen molar-refractivity contribution in [1.82, 2.24) is 10.2 Å². The molecule has 37 heavy (non-hydrogen) atoms. The summed E-state index contributed by atoms with van der Waals surface area (Å²) in [4.78, 5) is 43.5. The molecule has 8 heteroatoms. The summed E-state index contributed by atoms with van der Waals surface area (Å²) in [5.41, 5.74) is 0.626. The van der Waals surface area contributed by atoms with Gasteiger partial charge < -0.3 is 25.4 Å². The van der Waals surface area contributed by atoms with E-state index in [9.17, 15) is 19.5 Å². The largest absolute Gasteiger partial charge is 0.394 e. The molecule has 0 radical (unpaired) electrons. The van der Waals surface area contributed by atoms with Gasteiger partial charge in [-0.1, -0.05) is 39.8 Å². The number of nitrogens with zero attached hydrogens (tertiary/aromatic N) is 1. The zero-order valence-corrected chi connectivity index (χ0v) is 23.3. The molecule has 3 N–H and O–H groups in total. The Morgan fingerprint density at radius 2 is 1.95 bits per heavy atom. The van der Waals surface area contributed by atoms with Crippen LogP contribution < -0.4 is 10.6 Å². The number of carbonyl (C=O) groups excluding carboxylic acids is 3. The Hall–Kier alpha value is -2.45. The van der Waals surface area contributed by atoms with Crippen LogP contribution in [-0.4, -0.2) is 64.2 Å². The molecule has 0 saturated carbocycles. The molecule has 1 aromatic carbocycles. The van der Waals surface area contributed by atoms with E-state index in [1.165, 1.54) is 0 Å². The first-order chi connectivity index (χ1) is 17.4. The third kappa shape index (κ3) is 4.36. The van der Waals surface area contributed by atoms with Crippen molar-refractivity contribution in [3.8, 4) is 0 Å². The highest BCUT2D eigenvalue weighted by Crippen LogP contribution is 2.65. The topological polar surface area (TPSA) is 108 Å². The average molecular weight is 514 g/mol. The van der Waals surface area contributed by atoms with Crippen LogP contribution in [0.3, 0.4) is 0 Å². The van der Waals surface area contributed by atoms with Crippen molar-refractivity contribution < 1.29 is 24.2 Å². The predicted octanol–water partition coefficient (Wildman–Crippen LogP) is 3.19. The summed E-state index contributed by atoms with van der Waals surface area (Å²) in [5.74, 6) is -2.11. The summed E-state index contributed by atoms with van der Waals surface area (Å²) in [6, 6.07) is 4.35. The molecule has 3 aliphatic rings. The van der Waals surface area contributed by atoms with Crippen molar-refractivity contribution in [2.24, 2.45) is 23.7 Å². The number of fused-ring (bicyclic) bond motifs is 1. The van der Waals surface area contributed by atoms with E-state index in [2.05, 4.69) is 10.6 Å². The molecule has 8 nitrogen and oxygen atoms in total. The molecule has 3 saturated heterocycles. The molecule has 0 aromatic heterocycles. The van der Waals surface area contributed by atoms with E-state index in [1.54, 1.807) is 4.90 Å². The monoisotopic (exact) mass is 513 g/mol. The second-order valence-corrected chi connectivity index (χ2v) is 12.0. The summed E-state index contributed by atoms with van der Waals surface area (Å²) in [6.07, 6.45) is 1.82. The second-order valence-electron chi connectivity index (χ2n) is 12.0. The number of carbonyl (C=O) groups is 3. The Bertz CT molecular complexity index is 1070. The highest BCUT2D eigenvalue weighted by atomic mass is 16.5. The third-order valence-corrected chi connectivity index (χ3v) is 8.83. The summed E-state index contributed by atoms with van der Waals surface area (Å²) in [5, 5.41) is 16.5. The molecule has 3 unspecified atom stereocenters. The quantitative estimate of drug-likeness (QED) is 0.470. The van der Waals surface area contributed by atoms with Gasteiger partial charge in [0.15, 0.2) is 0 Å². The molecule has 3 aliphatic heterocycles. The Morgan fingerprint density at radius 1 is 1.24 bits per heavy atom. The highest BCUT2D eigenvalue weighted by molar-refractivity contribution is 6.04. The fourth-order valence-corrected chi connectivity index (χ4v) is 7.02. The number of hydrogen-bond acceptors (Lipinski definition) is 5. The smallest absolute Gasteiger partial charge is 0.250 e. The third-order valence-electron chi connectivity index (χ3n) is 8.83. The highest BCUT2D eigenvalue weighted by Gasteiger charge is 2.80. The molecule has 2 bridgehead atoms. The average Bonchev–Trinajstić information content (AvgIpc) is 3.35. The van der Waals surface area contributed by atoms with Gasteiger partial charge in [-0.15, -0.1) is 0 Å². The van der Waals surface area contributed by atoms with Crippen molar-refractivity contribution in [2.75, 3.05) is 18.5 Å². The molecule has 7 atom stereocenters. The number of amides is 3. The normalized spacial score (nSPS) is 33.1. The standard InChI is InChI=1S/C29H43N3O5/c1-8-11-30-25(34)22-23-27(36)32(20(15-33)12-16(2)3)24(29(23)14-19(6)28(22,7)37-29)26(35)31-21-13-17(4)9-10-18(21)5/h9-10,13,16,19-20,22-24,33H,8,11-12,14-15H2,1-7H3,(H,30,34)(H,31,35)/t19?,20-,22-,23+,24?,28+,29?/m1/s1. The summed E-state index contributed by atoms with van der Waals surface area (Å²) < 4.78 is 6.76. The van der Waals surface area contributed by atoms with E-state index in [-0.39, 0.29) is 36.2 Å². The van der Waals surface area contributed by atoms with Crippen LogP contribution in [-0.2, 0) is 19.1 Å². The van der Waals surface area contributed by atoms with Gasteiger partial charge in [-0.25, -0.2) is 0 Å². The molecule has 1 aromatic rings. The number of ether oxygens (including phenoxy) is 1. The van der Waals surface area contributed by atoms with Crippen molar-refractivity contribution in [3.05, 3.63) is 29.3 Å². The number of benzene rings is 1. The molecular weight excluding hydrogens is 470 g/mol. The maximum absolute atomic E-state index is 14.3. The maximum Gasteiger partial charge on any atom is 0.250 e. The van der Waals surface area contributed by atoms with Crippen LogP contribution in [0.1, 0.15) is 65.0 Å². The minimum atomic E-state index is -1.13. The van der Waals surface area contributed by atoms with E-state index >= 15 is 0 Å². The Balaban J connectivity index is 1.81. The number of aryl methyl sites for hydroxylation is 2. The fourth-order valence-electron chi connectivity index (χ4n) is 7.02. The number of hydrogen-bond donors (Lipinski definition) is 3. The lowest BCUT2D eigenvalue weighted by atomic mass is 9.62. The zero-order valence-electron chi connectivity index (χ0n) is 23.3. The molecule has 0 aliphatic carbocycles. The minimum Gasteiger partial charge on any atom is -0.394 e. The summed E-state index contributed by atoms with van der Waals surface area (Å²) >= 11 is 0. The molecular formula is C29H43N3O5. The van der Waals surface area contributed by atoms with Crippen LogP contribution in [0.4, 0.5) is 5.69 Å². The van der Waals surface area contributed by atoms with Crippen molar-refractivity contribution in [3.63, 3.8) is 0 Å². The zero-order chi connectivity index (χ0) is 27.3. The first-order valence-corrected chi connectivity index (χ1v) is 13.7. The van der Waals surface area contributed by atoms with Crippen LogP contribution in [0.15, 0.2) is 18.2 Å². The molecule has 4 rings (SSSR count). The van der Waals surface area contributed by atoms with Gasteiger partial charge in [-0.2, -0.15) is 0 Å².